The van der Waals surface area contributed by atoms with Crippen molar-refractivity contribution in [3.05, 3.63) is 0 Å². The Hall–Kier alpha value is 0.390. The minimum absolute atomic E-state index is 0.159. The van der Waals surface area contributed by atoms with Crippen LogP contribution in [0.5, 0.6) is 0 Å². The number of halogens is 1. The largest absolute Gasteiger partial charge is 0.266 e. The topological polar surface area (TPSA) is 43.4 Å². The SMILES string of the molecule is CS(=O)(=O)O[C@@H]1CCCC[C@H]1Br. The smallest absolute Gasteiger partial charge is 0.264 e. The molecule has 12 heavy (non-hydrogen) atoms. The van der Waals surface area contributed by atoms with Crippen LogP contribution in [-0.2, 0) is 14.3 Å². The van der Waals surface area contributed by atoms with Crippen LogP contribution in [0.4, 0.5) is 0 Å². The van der Waals surface area contributed by atoms with Gasteiger partial charge in [-0.1, -0.05) is 28.8 Å². The van der Waals surface area contributed by atoms with Crippen molar-refractivity contribution in [1.82, 2.24) is 0 Å². The molecule has 1 aliphatic rings. The maximum atomic E-state index is 10.8. The van der Waals surface area contributed by atoms with Gasteiger partial charge in [-0.3, -0.25) is 4.18 Å². The molecule has 0 spiro atoms. The fourth-order valence-electron chi connectivity index (χ4n) is 1.38. The molecule has 0 heterocycles. The Morgan fingerprint density at radius 2 is 1.92 bits per heavy atom. The second kappa shape index (κ2) is 4.07. The molecule has 5 heteroatoms. The third-order valence-electron chi connectivity index (χ3n) is 1.92. The van der Waals surface area contributed by atoms with Gasteiger partial charge >= 0.3 is 0 Å². The van der Waals surface area contributed by atoms with E-state index in [1.165, 1.54) is 0 Å². The Morgan fingerprint density at radius 3 is 2.42 bits per heavy atom. The molecule has 72 valence electrons. The third kappa shape index (κ3) is 3.41. The first-order chi connectivity index (χ1) is 5.49. The summed E-state index contributed by atoms with van der Waals surface area (Å²) in [6.45, 7) is 0. The van der Waals surface area contributed by atoms with Crippen molar-refractivity contribution in [1.29, 1.82) is 0 Å². The molecule has 3 nitrogen and oxygen atoms in total. The van der Waals surface area contributed by atoms with Crippen LogP contribution < -0.4 is 0 Å². The van der Waals surface area contributed by atoms with Gasteiger partial charge in [0.05, 0.1) is 12.4 Å². The molecule has 0 aromatic heterocycles. The highest BCUT2D eigenvalue weighted by Gasteiger charge is 2.26. The summed E-state index contributed by atoms with van der Waals surface area (Å²) < 4.78 is 26.5. The van der Waals surface area contributed by atoms with E-state index in [1.54, 1.807) is 0 Å². The zero-order valence-electron chi connectivity index (χ0n) is 6.99. The van der Waals surface area contributed by atoms with Crippen molar-refractivity contribution in [3.63, 3.8) is 0 Å². The Morgan fingerprint density at radius 1 is 1.33 bits per heavy atom. The number of hydrogen-bond acceptors (Lipinski definition) is 3. The highest BCUT2D eigenvalue weighted by Crippen LogP contribution is 2.27. The zero-order chi connectivity index (χ0) is 9.19. The third-order valence-corrected chi connectivity index (χ3v) is 3.56. The molecule has 0 aromatic carbocycles. The van der Waals surface area contributed by atoms with E-state index in [0.717, 1.165) is 31.9 Å². The van der Waals surface area contributed by atoms with Gasteiger partial charge in [0.25, 0.3) is 10.1 Å². The molecule has 1 aliphatic carbocycles. The molecule has 0 amide bonds. The molecule has 0 saturated heterocycles. The van der Waals surface area contributed by atoms with Crippen LogP contribution in [0, 0.1) is 0 Å². The highest BCUT2D eigenvalue weighted by atomic mass is 79.9. The highest BCUT2D eigenvalue weighted by molar-refractivity contribution is 9.09. The van der Waals surface area contributed by atoms with Crippen LogP contribution >= 0.6 is 15.9 Å². The lowest BCUT2D eigenvalue weighted by atomic mass is 9.98. The van der Waals surface area contributed by atoms with Gasteiger partial charge in [-0.05, 0) is 12.8 Å². The van der Waals surface area contributed by atoms with Crippen LogP contribution in [0.15, 0.2) is 0 Å². The quantitative estimate of drug-likeness (QED) is 0.558. The summed E-state index contributed by atoms with van der Waals surface area (Å²) in [5, 5.41) is 0. The maximum Gasteiger partial charge on any atom is 0.264 e. The van der Waals surface area contributed by atoms with E-state index in [2.05, 4.69) is 15.9 Å². The molecule has 0 aliphatic heterocycles. The molecule has 1 fully saturated rings. The van der Waals surface area contributed by atoms with Gasteiger partial charge < -0.3 is 0 Å². The van der Waals surface area contributed by atoms with Crippen molar-refractivity contribution in [2.75, 3.05) is 6.26 Å². The summed E-state index contributed by atoms with van der Waals surface area (Å²) in [7, 11) is -3.29. The lowest BCUT2D eigenvalue weighted by Gasteiger charge is -2.25. The molecule has 1 saturated carbocycles. The van der Waals surface area contributed by atoms with Crippen LogP contribution in [0.25, 0.3) is 0 Å². The monoisotopic (exact) mass is 256 g/mol. The summed E-state index contributed by atoms with van der Waals surface area (Å²) in [6.07, 6.45) is 4.99. The van der Waals surface area contributed by atoms with Gasteiger partial charge in [0.2, 0.25) is 0 Å². The summed E-state index contributed by atoms with van der Waals surface area (Å²) in [4.78, 5) is 0.195. The number of alkyl halides is 1. The Balaban J connectivity index is 2.50. The second-order valence-electron chi connectivity index (χ2n) is 3.14. The van der Waals surface area contributed by atoms with Crippen molar-refractivity contribution >= 4 is 26.0 Å². The Labute approximate surface area is 81.7 Å². The van der Waals surface area contributed by atoms with Gasteiger partial charge in [-0.25, -0.2) is 0 Å². The molecular weight excluding hydrogens is 244 g/mol. The van der Waals surface area contributed by atoms with Gasteiger partial charge in [0, 0.05) is 4.83 Å². The summed E-state index contributed by atoms with van der Waals surface area (Å²) >= 11 is 3.42. The van der Waals surface area contributed by atoms with Crippen molar-refractivity contribution < 1.29 is 12.6 Å². The van der Waals surface area contributed by atoms with Crippen LogP contribution in [0.2, 0.25) is 0 Å². The van der Waals surface area contributed by atoms with Gasteiger partial charge in [-0.15, -0.1) is 0 Å². The van der Waals surface area contributed by atoms with Gasteiger partial charge in [-0.2, -0.15) is 8.42 Å². The average molecular weight is 257 g/mol. The van der Waals surface area contributed by atoms with E-state index in [0.29, 0.717) is 0 Å². The minimum atomic E-state index is -3.29. The van der Waals surface area contributed by atoms with Crippen molar-refractivity contribution in [3.8, 4) is 0 Å². The molecular formula is C7H13BrO3S. The summed E-state index contributed by atoms with van der Waals surface area (Å²) in [5.41, 5.74) is 0. The first kappa shape index (κ1) is 10.5. The van der Waals surface area contributed by atoms with E-state index < -0.39 is 10.1 Å². The average Bonchev–Trinajstić information content (AvgIpc) is 1.91. The number of rotatable bonds is 2. The number of hydrogen-bond donors (Lipinski definition) is 0. The lowest BCUT2D eigenvalue weighted by Crippen LogP contribution is -2.29. The van der Waals surface area contributed by atoms with Crippen LogP contribution in [0.3, 0.4) is 0 Å². The Bertz CT molecular complexity index is 237. The van der Waals surface area contributed by atoms with Crippen LogP contribution in [0.1, 0.15) is 25.7 Å². The fraction of sp³-hybridized carbons (Fsp3) is 1.00. The molecule has 2 atom stereocenters. The Kier molecular flexibility index (Phi) is 3.55. The zero-order valence-corrected chi connectivity index (χ0v) is 9.40. The summed E-state index contributed by atoms with van der Waals surface area (Å²) in [5.74, 6) is 0. The molecule has 0 unspecified atom stereocenters. The first-order valence-electron chi connectivity index (χ1n) is 4.01. The van der Waals surface area contributed by atoms with Crippen molar-refractivity contribution in [2.45, 2.75) is 36.6 Å². The van der Waals surface area contributed by atoms with E-state index in [1.807, 2.05) is 0 Å². The molecule has 1 rings (SSSR count). The first-order valence-corrected chi connectivity index (χ1v) is 6.74. The van der Waals surface area contributed by atoms with Gasteiger partial charge in [0.15, 0.2) is 0 Å². The van der Waals surface area contributed by atoms with E-state index in [-0.39, 0.29) is 10.9 Å². The predicted octanol–water partition coefficient (Wildman–Crippen LogP) is 1.67. The molecule has 0 aromatic rings. The van der Waals surface area contributed by atoms with Crippen LogP contribution in [-0.4, -0.2) is 25.6 Å². The van der Waals surface area contributed by atoms with E-state index in [9.17, 15) is 8.42 Å². The molecule has 0 N–H and O–H groups in total. The normalized spacial score (nSPS) is 31.8. The van der Waals surface area contributed by atoms with Crippen molar-refractivity contribution in [2.24, 2.45) is 0 Å². The van der Waals surface area contributed by atoms with E-state index in [4.69, 9.17) is 4.18 Å². The van der Waals surface area contributed by atoms with E-state index >= 15 is 0 Å². The second-order valence-corrected chi connectivity index (χ2v) is 5.92. The molecule has 0 radical (unpaired) electrons. The fourth-order valence-corrected chi connectivity index (χ4v) is 2.90. The minimum Gasteiger partial charge on any atom is -0.266 e. The maximum absolute atomic E-state index is 10.8. The summed E-state index contributed by atoms with van der Waals surface area (Å²) in [6, 6.07) is 0. The molecule has 0 bridgehead atoms. The lowest BCUT2D eigenvalue weighted by molar-refractivity contribution is 0.173. The van der Waals surface area contributed by atoms with Gasteiger partial charge in [0.1, 0.15) is 0 Å². The standard InChI is InChI=1S/C7H13BrO3S/c1-12(9,10)11-7-5-3-2-4-6(7)8/h6-7H,2-5H2,1H3/t6-,7-/m1/s1. The predicted molar refractivity (Wildman–Crippen MR) is 50.9 cm³/mol.